The van der Waals surface area contributed by atoms with Crippen LogP contribution in [0.4, 0.5) is 0 Å². The fourth-order valence-electron chi connectivity index (χ4n) is 2.13. The smallest absolute Gasteiger partial charge is 0.238 e. The molecule has 0 atom stereocenters. The van der Waals surface area contributed by atoms with E-state index in [4.69, 9.17) is 14.6 Å². The summed E-state index contributed by atoms with van der Waals surface area (Å²) in [6.45, 7) is 0.478. The summed E-state index contributed by atoms with van der Waals surface area (Å²) in [5.41, 5.74) is 0.708. The summed E-state index contributed by atoms with van der Waals surface area (Å²) in [5.74, 6) is 1.45. The van der Waals surface area contributed by atoms with E-state index in [9.17, 15) is 8.42 Å². The van der Waals surface area contributed by atoms with Crippen LogP contribution in [0.15, 0.2) is 53.4 Å². The zero-order valence-corrected chi connectivity index (χ0v) is 13.2. The van der Waals surface area contributed by atoms with Crippen LogP contribution in [0.3, 0.4) is 0 Å². The molecule has 22 heavy (non-hydrogen) atoms. The molecular weight excluding hydrogens is 302 g/mol. The van der Waals surface area contributed by atoms with Gasteiger partial charge in [-0.3, -0.25) is 0 Å². The molecule has 6 heteroatoms. The predicted octanol–water partition coefficient (Wildman–Crippen LogP) is 2.35. The molecule has 0 aliphatic rings. The minimum absolute atomic E-state index is 0.177. The Morgan fingerprint density at radius 2 is 1.77 bits per heavy atom. The molecule has 2 aromatic carbocycles. The van der Waals surface area contributed by atoms with Crippen molar-refractivity contribution in [3.63, 3.8) is 0 Å². The van der Waals surface area contributed by atoms with Gasteiger partial charge in [-0.2, -0.15) is 0 Å². The van der Waals surface area contributed by atoms with E-state index >= 15 is 0 Å². The summed E-state index contributed by atoms with van der Waals surface area (Å²) in [6.07, 6.45) is 1.26. The summed E-state index contributed by atoms with van der Waals surface area (Å²) in [4.78, 5) is 0.177. The molecule has 0 heterocycles. The molecule has 0 aliphatic heterocycles. The highest BCUT2D eigenvalue weighted by atomic mass is 32.2. The maximum Gasteiger partial charge on any atom is 0.238 e. The minimum atomic E-state index is -3.69. The largest absolute Gasteiger partial charge is 0.497 e. The van der Waals surface area contributed by atoms with Crippen molar-refractivity contribution >= 4 is 10.0 Å². The molecule has 0 spiro atoms. The normalized spacial score (nSPS) is 11.2. The molecule has 5 nitrogen and oxygen atoms in total. The topological polar surface area (TPSA) is 78.6 Å². The Morgan fingerprint density at radius 3 is 2.50 bits per heavy atom. The van der Waals surface area contributed by atoms with Crippen LogP contribution < -0.4 is 14.6 Å². The number of hydrogen-bond acceptors (Lipinski definition) is 4. The van der Waals surface area contributed by atoms with Gasteiger partial charge in [-0.25, -0.2) is 13.6 Å². The van der Waals surface area contributed by atoms with Gasteiger partial charge in [0.15, 0.2) is 0 Å². The first kappa shape index (κ1) is 16.3. The van der Waals surface area contributed by atoms with Gasteiger partial charge >= 0.3 is 0 Å². The van der Waals surface area contributed by atoms with Crippen LogP contribution in [0, 0.1) is 0 Å². The van der Waals surface area contributed by atoms with E-state index in [1.807, 2.05) is 18.2 Å². The van der Waals surface area contributed by atoms with Crippen LogP contribution >= 0.6 is 0 Å². The van der Waals surface area contributed by atoms with E-state index < -0.39 is 10.0 Å². The second kappa shape index (κ2) is 7.29. The molecule has 2 N–H and O–H groups in total. The molecule has 0 fully saturated rings. The molecule has 0 aliphatic carbocycles. The van der Waals surface area contributed by atoms with Crippen molar-refractivity contribution in [1.29, 1.82) is 0 Å². The van der Waals surface area contributed by atoms with Gasteiger partial charge in [0.25, 0.3) is 0 Å². The average molecular weight is 321 g/mol. The fourth-order valence-corrected chi connectivity index (χ4v) is 2.94. The van der Waals surface area contributed by atoms with Gasteiger partial charge in [0.05, 0.1) is 18.6 Å². The molecule has 0 saturated heterocycles. The van der Waals surface area contributed by atoms with Gasteiger partial charge in [-0.1, -0.05) is 24.3 Å². The van der Waals surface area contributed by atoms with Crippen LogP contribution in [0.1, 0.15) is 12.0 Å². The van der Waals surface area contributed by atoms with Crippen LogP contribution in [-0.2, 0) is 16.4 Å². The summed E-state index contributed by atoms with van der Waals surface area (Å²) in [7, 11) is -2.09. The molecule has 0 bridgehead atoms. The Labute approximate surface area is 130 Å². The third-order valence-corrected chi connectivity index (χ3v) is 4.19. The van der Waals surface area contributed by atoms with Crippen molar-refractivity contribution in [2.45, 2.75) is 17.7 Å². The highest BCUT2D eigenvalue weighted by Gasteiger charge is 2.12. The Kier molecular flexibility index (Phi) is 5.41. The monoisotopic (exact) mass is 321 g/mol. The van der Waals surface area contributed by atoms with Crippen LogP contribution in [0.25, 0.3) is 0 Å². The second-order valence-corrected chi connectivity index (χ2v) is 6.31. The van der Waals surface area contributed by atoms with Crippen LogP contribution in [0.5, 0.6) is 11.5 Å². The molecule has 0 unspecified atom stereocenters. The van der Waals surface area contributed by atoms with E-state index in [2.05, 4.69) is 0 Å². The van der Waals surface area contributed by atoms with Gasteiger partial charge < -0.3 is 9.47 Å². The third-order valence-electron chi connectivity index (χ3n) is 3.18. The Morgan fingerprint density at radius 1 is 1.05 bits per heavy atom. The highest BCUT2D eigenvalue weighted by Crippen LogP contribution is 2.20. The predicted molar refractivity (Wildman–Crippen MR) is 84.6 cm³/mol. The number of ether oxygens (including phenoxy) is 2. The fraction of sp³-hybridized carbons (Fsp3) is 0.250. The SMILES string of the molecule is COc1cccc(OCCCc2ccccc2S(N)(=O)=O)c1. The number of sulfonamides is 1. The first-order valence-corrected chi connectivity index (χ1v) is 8.43. The Balaban J connectivity index is 1.92. The number of rotatable bonds is 7. The number of hydrogen-bond donors (Lipinski definition) is 1. The summed E-state index contributed by atoms with van der Waals surface area (Å²) < 4.78 is 33.8. The Hall–Kier alpha value is -2.05. The van der Waals surface area contributed by atoms with E-state index in [-0.39, 0.29) is 4.90 Å². The van der Waals surface area contributed by atoms with Gasteiger partial charge in [0, 0.05) is 6.07 Å². The first-order chi connectivity index (χ1) is 10.5. The number of nitrogens with two attached hydrogens (primary N) is 1. The average Bonchev–Trinajstić information content (AvgIpc) is 2.51. The molecule has 2 rings (SSSR count). The quantitative estimate of drug-likeness (QED) is 0.794. The highest BCUT2D eigenvalue weighted by molar-refractivity contribution is 7.89. The van der Waals surface area contributed by atoms with Gasteiger partial charge in [-0.15, -0.1) is 0 Å². The molecular formula is C16H19NO4S. The van der Waals surface area contributed by atoms with Gasteiger partial charge in [-0.05, 0) is 36.6 Å². The maximum atomic E-state index is 11.5. The number of benzene rings is 2. The Bertz CT molecular complexity index is 728. The molecule has 118 valence electrons. The van der Waals surface area contributed by atoms with E-state index in [1.54, 1.807) is 31.4 Å². The summed E-state index contributed by atoms with van der Waals surface area (Å²) >= 11 is 0. The molecule has 0 aromatic heterocycles. The lowest BCUT2D eigenvalue weighted by molar-refractivity contribution is 0.308. The van der Waals surface area contributed by atoms with Crippen LogP contribution in [0.2, 0.25) is 0 Å². The van der Waals surface area contributed by atoms with E-state index in [0.29, 0.717) is 25.0 Å². The summed E-state index contributed by atoms with van der Waals surface area (Å²) in [5, 5.41) is 5.21. The zero-order valence-electron chi connectivity index (χ0n) is 12.4. The minimum Gasteiger partial charge on any atom is -0.497 e. The van der Waals surface area contributed by atoms with Crippen molar-refractivity contribution in [3.8, 4) is 11.5 Å². The lowest BCUT2D eigenvalue weighted by Gasteiger charge is -2.09. The van der Waals surface area contributed by atoms with Crippen molar-refractivity contribution < 1.29 is 17.9 Å². The van der Waals surface area contributed by atoms with Crippen molar-refractivity contribution in [3.05, 3.63) is 54.1 Å². The van der Waals surface area contributed by atoms with Crippen LogP contribution in [-0.4, -0.2) is 22.1 Å². The standard InChI is InChI=1S/C16H19NO4S/c1-20-14-8-4-9-15(12-14)21-11-5-7-13-6-2-3-10-16(13)22(17,18)19/h2-4,6,8-10,12H,5,7,11H2,1H3,(H2,17,18,19). The number of primary sulfonamides is 1. The van der Waals surface area contributed by atoms with E-state index in [1.165, 1.54) is 6.07 Å². The summed E-state index contributed by atoms with van der Waals surface area (Å²) in [6, 6.07) is 14.1. The van der Waals surface area contributed by atoms with Gasteiger partial charge in [0.1, 0.15) is 11.5 Å². The van der Waals surface area contributed by atoms with Crippen molar-refractivity contribution in [2.75, 3.05) is 13.7 Å². The van der Waals surface area contributed by atoms with E-state index in [0.717, 1.165) is 11.5 Å². The first-order valence-electron chi connectivity index (χ1n) is 6.88. The van der Waals surface area contributed by atoms with Gasteiger partial charge in [0.2, 0.25) is 10.0 Å². The zero-order chi connectivity index (χ0) is 16.0. The lowest BCUT2D eigenvalue weighted by Crippen LogP contribution is -2.14. The molecule has 0 saturated carbocycles. The van der Waals surface area contributed by atoms with Crippen molar-refractivity contribution in [2.24, 2.45) is 5.14 Å². The lowest BCUT2D eigenvalue weighted by atomic mass is 10.1. The van der Waals surface area contributed by atoms with Crippen molar-refractivity contribution in [1.82, 2.24) is 0 Å². The number of methoxy groups -OCH3 is 1. The molecule has 0 amide bonds. The molecule has 0 radical (unpaired) electrons. The number of aryl methyl sites for hydroxylation is 1. The molecule has 2 aromatic rings. The second-order valence-electron chi connectivity index (χ2n) is 4.78. The maximum absolute atomic E-state index is 11.5. The third kappa shape index (κ3) is 4.47.